The second-order valence-electron chi connectivity index (χ2n) is 5.56. The Balaban J connectivity index is 1.99. The molecule has 1 fully saturated rings. The smallest absolute Gasteiger partial charge is 0.292 e. The first-order valence-corrected chi connectivity index (χ1v) is 7.83. The maximum absolute atomic E-state index is 11.1. The zero-order valence-corrected chi connectivity index (χ0v) is 12.6. The molecule has 0 amide bonds. The lowest BCUT2D eigenvalue weighted by atomic mass is 10.1. The first-order chi connectivity index (χ1) is 10.2. The second kappa shape index (κ2) is 7.98. The Kier molecular flexibility index (Phi) is 5.99. The summed E-state index contributed by atoms with van der Waals surface area (Å²) in [6, 6.07) is 5.30. The molecule has 0 aliphatic heterocycles. The summed E-state index contributed by atoms with van der Waals surface area (Å²) in [6.07, 6.45) is 7.56. The number of benzene rings is 1. The number of nitrogens with zero attached hydrogens (tertiary/aromatic N) is 1. The van der Waals surface area contributed by atoms with Gasteiger partial charge in [0.25, 0.3) is 5.69 Å². The van der Waals surface area contributed by atoms with E-state index in [1.807, 2.05) is 13.0 Å². The summed E-state index contributed by atoms with van der Waals surface area (Å²) in [5.41, 5.74) is 1.56. The molecule has 0 heterocycles. The summed E-state index contributed by atoms with van der Waals surface area (Å²) >= 11 is 0. The Labute approximate surface area is 125 Å². The molecule has 0 spiro atoms. The van der Waals surface area contributed by atoms with Gasteiger partial charge in [0.1, 0.15) is 5.69 Å². The summed E-state index contributed by atoms with van der Waals surface area (Å²) in [6.45, 7) is 3.05. The van der Waals surface area contributed by atoms with Gasteiger partial charge in [0.2, 0.25) is 0 Å². The van der Waals surface area contributed by atoms with Gasteiger partial charge in [-0.15, -0.1) is 0 Å². The molecule has 1 aliphatic carbocycles. The van der Waals surface area contributed by atoms with E-state index in [0.717, 1.165) is 18.4 Å². The molecule has 0 radical (unpaired) electrons. The zero-order valence-electron chi connectivity index (χ0n) is 12.6. The predicted molar refractivity (Wildman–Crippen MR) is 83.5 cm³/mol. The lowest BCUT2D eigenvalue weighted by Crippen LogP contribution is -2.11. The van der Waals surface area contributed by atoms with Crippen molar-refractivity contribution in [2.24, 2.45) is 0 Å². The fraction of sp³-hybridized carbons (Fsp3) is 0.625. The van der Waals surface area contributed by atoms with Gasteiger partial charge in [-0.1, -0.05) is 31.7 Å². The van der Waals surface area contributed by atoms with Crippen LogP contribution < -0.4 is 5.32 Å². The quantitative estimate of drug-likeness (QED) is 0.483. The van der Waals surface area contributed by atoms with Crippen LogP contribution in [0.4, 0.5) is 11.4 Å². The summed E-state index contributed by atoms with van der Waals surface area (Å²) < 4.78 is 5.94. The van der Waals surface area contributed by atoms with E-state index in [4.69, 9.17) is 4.74 Å². The maximum atomic E-state index is 11.1. The Morgan fingerprint density at radius 1 is 1.29 bits per heavy atom. The van der Waals surface area contributed by atoms with Crippen molar-refractivity contribution >= 4 is 11.4 Å². The summed E-state index contributed by atoms with van der Waals surface area (Å²) in [4.78, 5) is 10.8. The molecule has 1 N–H and O–H groups in total. The van der Waals surface area contributed by atoms with Crippen LogP contribution in [0.1, 0.15) is 51.0 Å². The second-order valence-corrected chi connectivity index (χ2v) is 5.56. The van der Waals surface area contributed by atoms with Gasteiger partial charge in [0.15, 0.2) is 0 Å². The highest BCUT2D eigenvalue weighted by Crippen LogP contribution is 2.27. The van der Waals surface area contributed by atoms with E-state index in [1.165, 1.54) is 25.7 Å². The molecule has 0 atom stereocenters. The minimum atomic E-state index is -0.340. The predicted octanol–water partition coefficient (Wildman–Crippen LogP) is 4.27. The zero-order chi connectivity index (χ0) is 15.1. The highest BCUT2D eigenvalue weighted by molar-refractivity contribution is 5.62. The van der Waals surface area contributed by atoms with Crippen LogP contribution in [0.15, 0.2) is 18.2 Å². The fourth-order valence-corrected chi connectivity index (χ4v) is 2.78. The topological polar surface area (TPSA) is 64.4 Å². The van der Waals surface area contributed by atoms with Crippen LogP contribution in [0, 0.1) is 10.1 Å². The van der Waals surface area contributed by atoms with E-state index in [-0.39, 0.29) is 10.6 Å². The number of nitro groups is 1. The minimum Gasteiger partial charge on any atom is -0.380 e. The number of hydrogen-bond acceptors (Lipinski definition) is 4. The van der Waals surface area contributed by atoms with Crippen LogP contribution in [0.5, 0.6) is 0 Å². The third-order valence-corrected chi connectivity index (χ3v) is 3.91. The van der Waals surface area contributed by atoms with Crippen molar-refractivity contribution in [3.05, 3.63) is 33.9 Å². The molecular weight excluding hydrogens is 268 g/mol. The van der Waals surface area contributed by atoms with Crippen LogP contribution >= 0.6 is 0 Å². The average Bonchev–Trinajstić information content (AvgIpc) is 2.75. The molecule has 116 valence electrons. The Morgan fingerprint density at radius 3 is 2.62 bits per heavy atom. The van der Waals surface area contributed by atoms with Crippen LogP contribution in [0.2, 0.25) is 0 Å². The number of anilines is 1. The number of nitrogens with one attached hydrogen (secondary N) is 1. The molecular formula is C16H24N2O3. The van der Waals surface area contributed by atoms with Gasteiger partial charge < -0.3 is 10.1 Å². The van der Waals surface area contributed by atoms with Gasteiger partial charge in [0.05, 0.1) is 17.6 Å². The van der Waals surface area contributed by atoms with E-state index in [9.17, 15) is 10.1 Å². The summed E-state index contributed by atoms with van der Waals surface area (Å²) in [5, 5.41) is 14.1. The van der Waals surface area contributed by atoms with E-state index < -0.39 is 0 Å². The van der Waals surface area contributed by atoms with Crippen molar-refractivity contribution in [2.45, 2.75) is 58.2 Å². The molecule has 0 bridgehead atoms. The highest BCUT2D eigenvalue weighted by atomic mass is 16.6. The van der Waals surface area contributed by atoms with Crippen molar-refractivity contribution in [1.82, 2.24) is 0 Å². The largest absolute Gasteiger partial charge is 0.380 e. The van der Waals surface area contributed by atoms with Gasteiger partial charge in [-0.25, -0.2) is 0 Å². The van der Waals surface area contributed by atoms with Crippen molar-refractivity contribution in [3.8, 4) is 0 Å². The van der Waals surface area contributed by atoms with Gasteiger partial charge >= 0.3 is 0 Å². The van der Waals surface area contributed by atoms with Crippen LogP contribution in [-0.4, -0.2) is 17.6 Å². The summed E-state index contributed by atoms with van der Waals surface area (Å²) in [7, 11) is 0. The third-order valence-electron chi connectivity index (χ3n) is 3.91. The van der Waals surface area contributed by atoms with Crippen LogP contribution in [-0.2, 0) is 11.3 Å². The first-order valence-electron chi connectivity index (χ1n) is 7.83. The number of nitro benzene ring substituents is 1. The lowest BCUT2D eigenvalue weighted by molar-refractivity contribution is -0.384. The molecule has 0 aromatic heterocycles. The van der Waals surface area contributed by atoms with Crippen molar-refractivity contribution < 1.29 is 9.66 Å². The first kappa shape index (κ1) is 15.8. The molecule has 21 heavy (non-hydrogen) atoms. The maximum Gasteiger partial charge on any atom is 0.292 e. The molecule has 0 unspecified atom stereocenters. The normalized spacial score (nSPS) is 16.4. The highest BCUT2D eigenvalue weighted by Gasteiger charge is 2.16. The lowest BCUT2D eigenvalue weighted by Gasteiger charge is -2.15. The van der Waals surface area contributed by atoms with Gasteiger partial charge in [-0.2, -0.15) is 0 Å². The Morgan fingerprint density at radius 2 is 2.00 bits per heavy atom. The minimum absolute atomic E-state index is 0.124. The van der Waals surface area contributed by atoms with Crippen molar-refractivity contribution in [2.75, 3.05) is 11.9 Å². The van der Waals surface area contributed by atoms with Crippen LogP contribution in [0.25, 0.3) is 0 Å². The molecule has 1 saturated carbocycles. The molecule has 2 rings (SSSR count). The third kappa shape index (κ3) is 4.70. The number of ether oxygens (including phenoxy) is 1. The molecule has 0 saturated heterocycles. The van der Waals surface area contributed by atoms with Gasteiger partial charge in [0, 0.05) is 12.6 Å². The SMILES string of the molecule is CCNc1ccc(COC2CCCCCC2)cc1[N+](=O)[O-]. The van der Waals surface area contributed by atoms with Gasteiger partial charge in [-0.3, -0.25) is 10.1 Å². The Bertz CT molecular complexity index is 469. The summed E-state index contributed by atoms with van der Waals surface area (Å²) in [5.74, 6) is 0. The van der Waals surface area contributed by atoms with Crippen molar-refractivity contribution in [1.29, 1.82) is 0 Å². The van der Waals surface area contributed by atoms with Crippen molar-refractivity contribution in [3.63, 3.8) is 0 Å². The van der Waals surface area contributed by atoms with Crippen LogP contribution in [0.3, 0.4) is 0 Å². The molecule has 1 aromatic carbocycles. The molecule has 5 heteroatoms. The van der Waals surface area contributed by atoms with E-state index in [1.54, 1.807) is 12.1 Å². The molecule has 5 nitrogen and oxygen atoms in total. The Hall–Kier alpha value is -1.62. The monoisotopic (exact) mass is 292 g/mol. The fourth-order valence-electron chi connectivity index (χ4n) is 2.78. The number of rotatable bonds is 6. The van der Waals surface area contributed by atoms with E-state index >= 15 is 0 Å². The molecule has 1 aromatic rings. The molecule has 1 aliphatic rings. The average molecular weight is 292 g/mol. The van der Waals surface area contributed by atoms with Gasteiger partial charge in [-0.05, 0) is 31.4 Å². The number of hydrogen-bond donors (Lipinski definition) is 1. The standard InChI is InChI=1S/C16H24N2O3/c1-2-17-15-10-9-13(11-16(15)18(19)20)12-21-14-7-5-3-4-6-8-14/h9-11,14,17H,2-8,12H2,1H3. The van der Waals surface area contributed by atoms with E-state index in [2.05, 4.69) is 5.32 Å². The van der Waals surface area contributed by atoms with E-state index in [0.29, 0.717) is 24.9 Å².